The molecule has 0 radical (unpaired) electrons. The molecule has 0 spiro atoms. The van der Waals surface area contributed by atoms with Gasteiger partial charge in [0.15, 0.2) is 0 Å². The summed E-state index contributed by atoms with van der Waals surface area (Å²) in [5, 5.41) is 12.2. The lowest BCUT2D eigenvalue weighted by Crippen LogP contribution is -1.81. The molecule has 64 valence electrons. The molecule has 12 heavy (non-hydrogen) atoms. The second-order valence-electron chi connectivity index (χ2n) is 2.24. The van der Waals surface area contributed by atoms with Gasteiger partial charge in [0.2, 0.25) is 0 Å². The summed E-state index contributed by atoms with van der Waals surface area (Å²) in [5.41, 5.74) is 7.51. The van der Waals surface area contributed by atoms with Crippen molar-refractivity contribution in [2.75, 3.05) is 5.73 Å². The minimum absolute atomic E-state index is 0.829. The van der Waals surface area contributed by atoms with Crippen LogP contribution >= 0.6 is 0 Å². The molecule has 1 aromatic rings. The summed E-state index contributed by atoms with van der Waals surface area (Å²) in [6, 6.07) is 7.79. The van der Waals surface area contributed by atoms with Gasteiger partial charge in [-0.1, -0.05) is 17.7 Å². The summed E-state index contributed by atoms with van der Waals surface area (Å²) in [4.78, 5) is 0. The van der Waals surface area contributed by atoms with Gasteiger partial charge in [0, 0.05) is 18.1 Å². The maximum Gasteiger partial charge on any atom is 0.0353 e. The number of hydrogen-bond donors (Lipinski definition) is 3. The van der Waals surface area contributed by atoms with E-state index in [9.17, 15) is 0 Å². The largest absolute Gasteiger partial charge is 0.399 e. The number of nitrogens with one attached hydrogen (secondary N) is 2. The van der Waals surface area contributed by atoms with Crippen molar-refractivity contribution in [3.8, 4) is 0 Å². The maximum atomic E-state index is 6.08. The third-order valence-electron chi connectivity index (χ3n) is 1.16. The number of benzene rings is 1. The first kappa shape index (κ1) is 10.4. The van der Waals surface area contributed by atoms with Gasteiger partial charge in [-0.05, 0) is 19.1 Å². The van der Waals surface area contributed by atoms with E-state index in [0.29, 0.717) is 0 Å². The van der Waals surface area contributed by atoms with Crippen molar-refractivity contribution in [2.45, 2.75) is 6.92 Å². The van der Waals surface area contributed by atoms with Gasteiger partial charge in [-0.15, -0.1) is 0 Å². The molecular formula is C9H13N3. The maximum absolute atomic E-state index is 6.08. The molecule has 3 heteroatoms. The van der Waals surface area contributed by atoms with E-state index in [0.717, 1.165) is 18.1 Å². The van der Waals surface area contributed by atoms with Crippen LogP contribution < -0.4 is 5.73 Å². The fourth-order valence-corrected chi connectivity index (χ4v) is 0.566. The SMILES string of the molecule is Cc1ccc(N)cc1.N=CC=N. The van der Waals surface area contributed by atoms with Crippen LogP contribution in [0.1, 0.15) is 5.56 Å². The fraction of sp³-hybridized carbons (Fsp3) is 0.111. The molecule has 0 aliphatic heterocycles. The molecule has 0 aromatic heterocycles. The summed E-state index contributed by atoms with van der Waals surface area (Å²) >= 11 is 0. The number of nitrogens with two attached hydrogens (primary N) is 1. The highest BCUT2D eigenvalue weighted by atomic mass is 14.5. The van der Waals surface area contributed by atoms with E-state index in [1.807, 2.05) is 31.2 Å². The summed E-state index contributed by atoms with van der Waals surface area (Å²) < 4.78 is 0. The summed E-state index contributed by atoms with van der Waals surface area (Å²) in [6.45, 7) is 2.04. The number of nitrogen functional groups attached to an aromatic ring is 1. The third-order valence-corrected chi connectivity index (χ3v) is 1.16. The minimum Gasteiger partial charge on any atom is -0.399 e. The topological polar surface area (TPSA) is 73.7 Å². The monoisotopic (exact) mass is 163 g/mol. The molecule has 0 atom stereocenters. The molecule has 0 saturated carbocycles. The lowest BCUT2D eigenvalue weighted by Gasteiger charge is -1.90. The number of rotatable bonds is 1. The average Bonchev–Trinajstić information content (AvgIpc) is 2.11. The van der Waals surface area contributed by atoms with Gasteiger partial charge in [-0.2, -0.15) is 0 Å². The Labute approximate surface area is 72.2 Å². The lowest BCUT2D eigenvalue weighted by atomic mass is 10.2. The van der Waals surface area contributed by atoms with E-state index < -0.39 is 0 Å². The second kappa shape index (κ2) is 6.09. The summed E-state index contributed by atoms with van der Waals surface area (Å²) in [6.07, 6.45) is 1.83. The normalized spacial score (nSPS) is 7.75. The summed E-state index contributed by atoms with van der Waals surface area (Å²) in [5.74, 6) is 0. The molecule has 3 nitrogen and oxygen atoms in total. The number of aryl methyl sites for hydroxylation is 1. The van der Waals surface area contributed by atoms with E-state index in [1.54, 1.807) is 0 Å². The zero-order valence-electron chi connectivity index (χ0n) is 7.04. The molecule has 0 aliphatic rings. The van der Waals surface area contributed by atoms with Crippen molar-refractivity contribution in [1.82, 2.24) is 0 Å². The molecule has 1 rings (SSSR count). The molecule has 0 heterocycles. The van der Waals surface area contributed by atoms with Crippen molar-refractivity contribution in [3.63, 3.8) is 0 Å². The van der Waals surface area contributed by atoms with Crippen LogP contribution in [0.5, 0.6) is 0 Å². The van der Waals surface area contributed by atoms with Crippen molar-refractivity contribution < 1.29 is 0 Å². The van der Waals surface area contributed by atoms with Crippen LogP contribution in [0.4, 0.5) is 5.69 Å². The fourth-order valence-electron chi connectivity index (χ4n) is 0.566. The Balaban J connectivity index is 0.000000261. The van der Waals surface area contributed by atoms with Crippen LogP contribution in [0.3, 0.4) is 0 Å². The first-order chi connectivity index (χ1) is 5.70. The first-order valence-corrected chi connectivity index (χ1v) is 3.52. The van der Waals surface area contributed by atoms with E-state index in [1.165, 1.54) is 5.56 Å². The van der Waals surface area contributed by atoms with Crippen molar-refractivity contribution >= 4 is 18.1 Å². The smallest absolute Gasteiger partial charge is 0.0353 e. The highest BCUT2D eigenvalue weighted by molar-refractivity contribution is 6.12. The van der Waals surface area contributed by atoms with Gasteiger partial charge in [-0.25, -0.2) is 0 Å². The zero-order valence-corrected chi connectivity index (χ0v) is 7.04. The molecule has 0 unspecified atom stereocenters. The van der Waals surface area contributed by atoms with Crippen LogP contribution in [0, 0.1) is 17.7 Å². The van der Waals surface area contributed by atoms with E-state index in [-0.39, 0.29) is 0 Å². The lowest BCUT2D eigenvalue weighted by molar-refractivity contribution is 1.47. The van der Waals surface area contributed by atoms with Gasteiger partial charge in [0.05, 0.1) is 0 Å². The quantitative estimate of drug-likeness (QED) is 0.429. The van der Waals surface area contributed by atoms with Crippen molar-refractivity contribution in [3.05, 3.63) is 29.8 Å². The molecule has 4 N–H and O–H groups in total. The highest BCUT2D eigenvalue weighted by Gasteiger charge is 1.80. The Hall–Kier alpha value is -1.64. The summed E-state index contributed by atoms with van der Waals surface area (Å²) in [7, 11) is 0. The van der Waals surface area contributed by atoms with Crippen LogP contribution in [0.25, 0.3) is 0 Å². The van der Waals surface area contributed by atoms with Gasteiger partial charge in [0.1, 0.15) is 0 Å². The Kier molecular flexibility index (Phi) is 5.26. The average molecular weight is 163 g/mol. The molecule has 0 fully saturated rings. The van der Waals surface area contributed by atoms with Crippen LogP contribution in [-0.2, 0) is 0 Å². The Morgan fingerprint density at radius 3 is 1.75 bits per heavy atom. The minimum atomic E-state index is 0.829. The predicted molar refractivity (Wildman–Crippen MR) is 53.2 cm³/mol. The van der Waals surface area contributed by atoms with Crippen LogP contribution in [0.15, 0.2) is 24.3 Å². The van der Waals surface area contributed by atoms with Gasteiger partial charge in [0.25, 0.3) is 0 Å². The Bertz CT molecular complexity index is 211. The molecular weight excluding hydrogens is 150 g/mol. The van der Waals surface area contributed by atoms with Crippen molar-refractivity contribution in [2.24, 2.45) is 0 Å². The van der Waals surface area contributed by atoms with Crippen LogP contribution in [-0.4, -0.2) is 12.4 Å². The van der Waals surface area contributed by atoms with E-state index in [4.69, 9.17) is 16.6 Å². The van der Waals surface area contributed by atoms with E-state index >= 15 is 0 Å². The highest BCUT2D eigenvalue weighted by Crippen LogP contribution is 2.02. The molecule has 0 aliphatic carbocycles. The van der Waals surface area contributed by atoms with Gasteiger partial charge in [-0.3, -0.25) is 0 Å². The molecule has 0 bridgehead atoms. The molecule has 1 aromatic carbocycles. The van der Waals surface area contributed by atoms with Crippen LogP contribution in [0.2, 0.25) is 0 Å². The second-order valence-corrected chi connectivity index (χ2v) is 2.24. The number of anilines is 1. The standard InChI is InChI=1S/C7H9N.C2H4N2/c1-6-2-4-7(8)5-3-6;3-1-2-4/h2-5H,8H2,1H3;1-4H. The van der Waals surface area contributed by atoms with Crippen molar-refractivity contribution in [1.29, 1.82) is 10.8 Å². The third kappa shape index (κ3) is 5.17. The Morgan fingerprint density at radius 1 is 1.08 bits per heavy atom. The molecule has 0 amide bonds. The zero-order chi connectivity index (χ0) is 9.40. The number of hydrogen-bond acceptors (Lipinski definition) is 3. The first-order valence-electron chi connectivity index (χ1n) is 3.52. The Morgan fingerprint density at radius 2 is 1.50 bits per heavy atom. The molecule has 0 saturated heterocycles. The van der Waals surface area contributed by atoms with E-state index in [2.05, 4.69) is 0 Å². The van der Waals surface area contributed by atoms with Gasteiger partial charge >= 0.3 is 0 Å². The predicted octanol–water partition coefficient (Wildman–Crippen LogP) is 1.86. The van der Waals surface area contributed by atoms with Gasteiger partial charge < -0.3 is 16.6 Å².